The van der Waals surface area contributed by atoms with Gasteiger partial charge in [-0.15, -0.1) is 0 Å². The zero-order valence-corrected chi connectivity index (χ0v) is 13.5. The smallest absolute Gasteiger partial charge is 0.271 e. The molecular formula is C18H15ClN4O. The number of carbonyl (C=O) groups is 1. The second kappa shape index (κ2) is 7.57. The van der Waals surface area contributed by atoms with Crippen LogP contribution in [0.5, 0.6) is 0 Å². The zero-order valence-electron chi connectivity index (χ0n) is 12.7. The number of nitrogens with zero attached hydrogens (tertiary/aromatic N) is 2. The van der Waals surface area contributed by atoms with Crippen LogP contribution in [-0.2, 0) is 6.54 Å². The number of hydrogen-bond donors (Lipinski definition) is 2. The van der Waals surface area contributed by atoms with Gasteiger partial charge in [0.05, 0.1) is 12.4 Å². The summed E-state index contributed by atoms with van der Waals surface area (Å²) in [4.78, 5) is 20.4. The first kappa shape index (κ1) is 16.0. The van der Waals surface area contributed by atoms with Gasteiger partial charge in [-0.2, -0.15) is 0 Å². The molecule has 5 nitrogen and oxygen atoms in total. The molecule has 0 aliphatic heterocycles. The molecule has 0 radical (unpaired) electrons. The Balaban J connectivity index is 1.59. The molecule has 1 amide bonds. The number of hydrogen-bond acceptors (Lipinski definition) is 4. The third-order valence-corrected chi connectivity index (χ3v) is 3.55. The lowest BCUT2D eigenvalue weighted by atomic mass is 10.2. The van der Waals surface area contributed by atoms with Crippen LogP contribution in [0.2, 0.25) is 5.02 Å². The van der Waals surface area contributed by atoms with E-state index in [4.69, 9.17) is 11.6 Å². The number of benzene rings is 2. The van der Waals surface area contributed by atoms with Crippen molar-refractivity contribution in [3.8, 4) is 0 Å². The highest BCUT2D eigenvalue weighted by Gasteiger charge is 2.07. The van der Waals surface area contributed by atoms with Gasteiger partial charge in [0.2, 0.25) is 0 Å². The summed E-state index contributed by atoms with van der Waals surface area (Å²) >= 11 is 5.84. The molecule has 3 rings (SSSR count). The van der Waals surface area contributed by atoms with Crippen LogP contribution in [0.15, 0.2) is 67.0 Å². The van der Waals surface area contributed by atoms with E-state index in [0.717, 1.165) is 11.3 Å². The van der Waals surface area contributed by atoms with Gasteiger partial charge < -0.3 is 10.6 Å². The Labute approximate surface area is 144 Å². The summed E-state index contributed by atoms with van der Waals surface area (Å²) in [5.41, 5.74) is 2.14. The maximum atomic E-state index is 12.1. The monoisotopic (exact) mass is 338 g/mol. The van der Waals surface area contributed by atoms with Crippen molar-refractivity contribution in [2.45, 2.75) is 6.54 Å². The third-order valence-electron chi connectivity index (χ3n) is 3.30. The average molecular weight is 339 g/mol. The maximum absolute atomic E-state index is 12.1. The van der Waals surface area contributed by atoms with E-state index < -0.39 is 0 Å². The first-order valence-corrected chi connectivity index (χ1v) is 7.75. The molecule has 0 unspecified atom stereocenters. The van der Waals surface area contributed by atoms with Crippen LogP contribution in [0.1, 0.15) is 16.1 Å². The summed E-state index contributed by atoms with van der Waals surface area (Å²) in [6.07, 6.45) is 2.96. The Morgan fingerprint density at radius 2 is 1.71 bits per heavy atom. The summed E-state index contributed by atoms with van der Waals surface area (Å²) < 4.78 is 0. The molecule has 0 fully saturated rings. The molecule has 120 valence electrons. The minimum atomic E-state index is -0.260. The van der Waals surface area contributed by atoms with Crippen LogP contribution < -0.4 is 10.6 Å². The van der Waals surface area contributed by atoms with Gasteiger partial charge in [-0.05, 0) is 29.8 Å². The van der Waals surface area contributed by atoms with E-state index in [9.17, 15) is 4.79 Å². The Bertz CT molecular complexity index is 805. The molecule has 2 aromatic carbocycles. The minimum absolute atomic E-state index is 0.260. The molecule has 0 aliphatic rings. The Morgan fingerprint density at radius 1 is 0.958 bits per heavy atom. The molecule has 6 heteroatoms. The second-order valence-electron chi connectivity index (χ2n) is 5.09. The number of halogens is 1. The summed E-state index contributed by atoms with van der Waals surface area (Å²) in [5.74, 6) is 0.293. The van der Waals surface area contributed by atoms with Gasteiger partial charge in [0, 0.05) is 17.3 Å². The number of aromatic nitrogens is 2. The molecule has 0 atom stereocenters. The minimum Gasteiger partial charge on any atom is -0.347 e. The SMILES string of the molecule is O=C(NCc1ccccc1)c1cnc(Nc2ccc(Cl)cc2)cn1. The fourth-order valence-corrected chi connectivity index (χ4v) is 2.19. The summed E-state index contributed by atoms with van der Waals surface area (Å²) in [5, 5.41) is 6.57. The van der Waals surface area contributed by atoms with Crippen molar-refractivity contribution in [3.05, 3.63) is 83.3 Å². The van der Waals surface area contributed by atoms with Gasteiger partial charge >= 0.3 is 0 Å². The zero-order chi connectivity index (χ0) is 16.8. The molecule has 24 heavy (non-hydrogen) atoms. The van der Waals surface area contributed by atoms with Crippen molar-refractivity contribution >= 4 is 29.0 Å². The standard InChI is InChI=1S/C18H15ClN4O/c19-14-6-8-15(9-7-14)23-17-12-20-16(11-21-17)18(24)22-10-13-4-2-1-3-5-13/h1-9,11-12H,10H2,(H,21,23)(H,22,24). The number of anilines is 2. The van der Waals surface area contributed by atoms with Gasteiger partial charge in [0.1, 0.15) is 11.5 Å². The predicted octanol–water partition coefficient (Wildman–Crippen LogP) is 3.80. The molecule has 0 saturated carbocycles. The van der Waals surface area contributed by atoms with Crippen LogP contribution >= 0.6 is 11.6 Å². The highest BCUT2D eigenvalue weighted by Crippen LogP contribution is 2.16. The van der Waals surface area contributed by atoms with Crippen LogP contribution in [0.25, 0.3) is 0 Å². The molecule has 0 aliphatic carbocycles. The van der Waals surface area contributed by atoms with Crippen molar-refractivity contribution in [1.82, 2.24) is 15.3 Å². The average Bonchev–Trinajstić information content (AvgIpc) is 2.63. The van der Waals surface area contributed by atoms with Crippen LogP contribution in [0.3, 0.4) is 0 Å². The maximum Gasteiger partial charge on any atom is 0.271 e. The largest absolute Gasteiger partial charge is 0.347 e. The normalized spacial score (nSPS) is 10.2. The Hall–Kier alpha value is -2.92. The second-order valence-corrected chi connectivity index (χ2v) is 5.52. The van der Waals surface area contributed by atoms with Gasteiger partial charge in [-0.1, -0.05) is 41.9 Å². The van der Waals surface area contributed by atoms with Gasteiger partial charge in [0.15, 0.2) is 0 Å². The van der Waals surface area contributed by atoms with Gasteiger partial charge in [-0.25, -0.2) is 9.97 Å². The van der Waals surface area contributed by atoms with Crippen molar-refractivity contribution in [3.63, 3.8) is 0 Å². The highest BCUT2D eigenvalue weighted by molar-refractivity contribution is 6.30. The fraction of sp³-hybridized carbons (Fsp3) is 0.0556. The Kier molecular flexibility index (Phi) is 5.03. The third kappa shape index (κ3) is 4.30. The van der Waals surface area contributed by atoms with Crippen molar-refractivity contribution in [2.75, 3.05) is 5.32 Å². The van der Waals surface area contributed by atoms with Crippen LogP contribution in [0, 0.1) is 0 Å². The fourth-order valence-electron chi connectivity index (χ4n) is 2.06. The number of rotatable bonds is 5. The molecule has 1 heterocycles. The lowest BCUT2D eigenvalue weighted by molar-refractivity contribution is 0.0945. The lowest BCUT2D eigenvalue weighted by Crippen LogP contribution is -2.24. The number of carbonyl (C=O) groups excluding carboxylic acids is 1. The molecular weight excluding hydrogens is 324 g/mol. The molecule has 0 saturated heterocycles. The number of amides is 1. The first-order valence-electron chi connectivity index (χ1n) is 7.37. The van der Waals surface area contributed by atoms with E-state index in [0.29, 0.717) is 17.4 Å². The van der Waals surface area contributed by atoms with E-state index in [2.05, 4.69) is 20.6 Å². The lowest BCUT2D eigenvalue weighted by Gasteiger charge is -2.07. The molecule has 0 spiro atoms. The predicted molar refractivity (Wildman–Crippen MR) is 94.4 cm³/mol. The highest BCUT2D eigenvalue weighted by atomic mass is 35.5. The van der Waals surface area contributed by atoms with Gasteiger partial charge in [0.25, 0.3) is 5.91 Å². The summed E-state index contributed by atoms with van der Waals surface area (Å²) in [6.45, 7) is 0.451. The Morgan fingerprint density at radius 3 is 2.38 bits per heavy atom. The van der Waals surface area contributed by atoms with Gasteiger partial charge in [-0.3, -0.25) is 4.79 Å². The van der Waals surface area contributed by atoms with E-state index >= 15 is 0 Å². The van der Waals surface area contributed by atoms with Crippen LogP contribution in [-0.4, -0.2) is 15.9 Å². The first-order chi connectivity index (χ1) is 11.7. The van der Waals surface area contributed by atoms with E-state index in [1.807, 2.05) is 42.5 Å². The molecule has 1 aromatic heterocycles. The van der Waals surface area contributed by atoms with Crippen molar-refractivity contribution < 1.29 is 4.79 Å². The van der Waals surface area contributed by atoms with Crippen molar-refractivity contribution in [1.29, 1.82) is 0 Å². The molecule has 3 aromatic rings. The van der Waals surface area contributed by atoms with E-state index in [1.165, 1.54) is 12.4 Å². The van der Waals surface area contributed by atoms with E-state index in [1.54, 1.807) is 12.1 Å². The van der Waals surface area contributed by atoms with Crippen LogP contribution in [0.4, 0.5) is 11.5 Å². The molecule has 0 bridgehead atoms. The summed E-state index contributed by atoms with van der Waals surface area (Å²) in [7, 11) is 0. The summed E-state index contributed by atoms with van der Waals surface area (Å²) in [6, 6.07) is 16.9. The quantitative estimate of drug-likeness (QED) is 0.742. The topological polar surface area (TPSA) is 66.9 Å². The van der Waals surface area contributed by atoms with E-state index in [-0.39, 0.29) is 11.6 Å². The number of nitrogens with one attached hydrogen (secondary N) is 2. The molecule has 2 N–H and O–H groups in total. The van der Waals surface area contributed by atoms with Crippen molar-refractivity contribution in [2.24, 2.45) is 0 Å².